The van der Waals surface area contributed by atoms with Crippen molar-refractivity contribution in [3.05, 3.63) is 28.0 Å². The van der Waals surface area contributed by atoms with Gasteiger partial charge >= 0.3 is 6.18 Å². The summed E-state index contributed by atoms with van der Waals surface area (Å²) in [6, 6.07) is 1.19. The van der Waals surface area contributed by atoms with E-state index in [1.807, 2.05) is 0 Å². The molecule has 0 saturated heterocycles. The number of halogens is 6. The van der Waals surface area contributed by atoms with E-state index in [2.05, 4.69) is 15.9 Å². The monoisotopic (exact) mass is 340 g/mol. The average Bonchev–Trinajstić information content (AvgIpc) is 1.97. The highest BCUT2D eigenvalue weighted by molar-refractivity contribution is 9.10. The minimum absolute atomic E-state index is 0.368. The molecular formula is C7H2BrClF4O2S. The summed E-state index contributed by atoms with van der Waals surface area (Å²) in [5.41, 5.74) is -1.69. The van der Waals surface area contributed by atoms with Crippen LogP contribution in [0, 0.1) is 5.82 Å². The van der Waals surface area contributed by atoms with Gasteiger partial charge in [0.2, 0.25) is 0 Å². The van der Waals surface area contributed by atoms with Gasteiger partial charge in [0.15, 0.2) is 5.82 Å². The molecule has 1 aromatic rings. The molecule has 0 atom stereocenters. The van der Waals surface area contributed by atoms with Crippen LogP contribution in [0.4, 0.5) is 17.6 Å². The first kappa shape index (κ1) is 13.7. The van der Waals surface area contributed by atoms with Crippen molar-refractivity contribution in [2.45, 2.75) is 11.1 Å². The molecule has 0 N–H and O–H groups in total. The molecule has 0 bridgehead atoms. The summed E-state index contributed by atoms with van der Waals surface area (Å²) in [6.45, 7) is 0. The molecule has 16 heavy (non-hydrogen) atoms. The number of hydrogen-bond acceptors (Lipinski definition) is 2. The lowest BCUT2D eigenvalue weighted by molar-refractivity contribution is -0.140. The number of alkyl halides is 3. The lowest BCUT2D eigenvalue weighted by Gasteiger charge is -2.10. The molecule has 90 valence electrons. The Morgan fingerprint density at radius 2 is 1.75 bits per heavy atom. The van der Waals surface area contributed by atoms with Gasteiger partial charge in [0, 0.05) is 15.2 Å². The smallest absolute Gasteiger partial charge is 0.207 e. The molecular weight excluding hydrogens is 339 g/mol. The van der Waals surface area contributed by atoms with Crippen molar-refractivity contribution in [1.82, 2.24) is 0 Å². The average molecular weight is 342 g/mol. The second-order valence-electron chi connectivity index (χ2n) is 2.67. The highest BCUT2D eigenvalue weighted by Gasteiger charge is 2.37. The lowest BCUT2D eigenvalue weighted by Crippen LogP contribution is -2.11. The van der Waals surface area contributed by atoms with Crippen LogP contribution in [-0.2, 0) is 15.2 Å². The molecule has 0 fully saturated rings. The maximum Gasteiger partial charge on any atom is 0.419 e. The predicted molar refractivity (Wildman–Crippen MR) is 52.1 cm³/mol. The van der Waals surface area contributed by atoms with Gasteiger partial charge in [-0.3, -0.25) is 0 Å². The molecule has 2 nitrogen and oxygen atoms in total. The summed E-state index contributed by atoms with van der Waals surface area (Å²) in [6.07, 6.45) is -4.99. The quantitative estimate of drug-likeness (QED) is 0.578. The summed E-state index contributed by atoms with van der Waals surface area (Å²) in [4.78, 5) is -1.22. The van der Waals surface area contributed by atoms with Crippen LogP contribution in [0.15, 0.2) is 21.5 Å². The Balaban J connectivity index is 3.65. The Labute approximate surface area is 101 Å². The van der Waals surface area contributed by atoms with E-state index in [9.17, 15) is 26.0 Å². The molecule has 0 saturated carbocycles. The minimum Gasteiger partial charge on any atom is -0.207 e. The maximum atomic E-state index is 13.3. The molecule has 9 heteroatoms. The minimum atomic E-state index is -4.99. The van der Waals surface area contributed by atoms with Gasteiger partial charge in [0.05, 0.1) is 5.56 Å². The van der Waals surface area contributed by atoms with E-state index >= 15 is 0 Å². The summed E-state index contributed by atoms with van der Waals surface area (Å²) in [7, 11) is 0.229. The van der Waals surface area contributed by atoms with Gasteiger partial charge in [-0.15, -0.1) is 0 Å². The van der Waals surface area contributed by atoms with E-state index in [1.54, 1.807) is 0 Å². The third-order valence-corrected chi connectivity index (χ3v) is 3.87. The van der Waals surface area contributed by atoms with Crippen molar-refractivity contribution in [2.24, 2.45) is 0 Å². The van der Waals surface area contributed by atoms with Gasteiger partial charge in [0.1, 0.15) is 4.90 Å². The van der Waals surface area contributed by atoms with Gasteiger partial charge in [-0.25, -0.2) is 12.8 Å². The molecule has 0 aliphatic heterocycles. The van der Waals surface area contributed by atoms with Crippen LogP contribution in [0.25, 0.3) is 0 Å². The molecule has 0 amide bonds. The highest BCUT2D eigenvalue weighted by Crippen LogP contribution is 2.37. The van der Waals surface area contributed by atoms with E-state index in [1.165, 1.54) is 0 Å². The van der Waals surface area contributed by atoms with Crippen molar-refractivity contribution in [3.8, 4) is 0 Å². The van der Waals surface area contributed by atoms with Crippen LogP contribution in [0.3, 0.4) is 0 Å². The van der Waals surface area contributed by atoms with E-state index in [-0.39, 0.29) is 4.47 Å². The summed E-state index contributed by atoms with van der Waals surface area (Å²) < 4.78 is 71.5. The fourth-order valence-corrected chi connectivity index (χ4v) is 3.28. The molecule has 0 heterocycles. The van der Waals surface area contributed by atoms with E-state index in [4.69, 9.17) is 10.7 Å². The Morgan fingerprint density at radius 1 is 1.25 bits per heavy atom. The van der Waals surface area contributed by atoms with Gasteiger partial charge in [-0.2, -0.15) is 13.2 Å². The molecule has 1 aromatic carbocycles. The van der Waals surface area contributed by atoms with Crippen molar-refractivity contribution in [1.29, 1.82) is 0 Å². The first-order valence-corrected chi connectivity index (χ1v) is 6.65. The zero-order valence-electron chi connectivity index (χ0n) is 7.15. The summed E-state index contributed by atoms with van der Waals surface area (Å²) in [5.74, 6) is -1.92. The molecule has 0 aliphatic rings. The normalized spacial score (nSPS) is 12.9. The second-order valence-corrected chi connectivity index (χ2v) is 6.03. The Morgan fingerprint density at radius 3 is 2.12 bits per heavy atom. The Bertz CT molecular complexity index is 526. The standard InChI is InChI=1S/C7H2BrClF4O2S/c8-4-2-1-3(7(11,12)13)5(10)6(4)16(9,14)15/h1-2H. The van der Waals surface area contributed by atoms with Gasteiger partial charge < -0.3 is 0 Å². The van der Waals surface area contributed by atoms with Crippen molar-refractivity contribution < 1.29 is 26.0 Å². The maximum absolute atomic E-state index is 13.3. The predicted octanol–water partition coefficient (Wildman–Crippen LogP) is 3.53. The molecule has 0 aliphatic carbocycles. The van der Waals surface area contributed by atoms with Crippen LogP contribution >= 0.6 is 26.6 Å². The fourth-order valence-electron chi connectivity index (χ4n) is 0.975. The number of rotatable bonds is 1. The Kier molecular flexibility index (Phi) is 3.56. The fraction of sp³-hybridized carbons (Fsp3) is 0.143. The molecule has 0 spiro atoms. The molecule has 0 aromatic heterocycles. The van der Waals surface area contributed by atoms with Crippen LogP contribution in [-0.4, -0.2) is 8.42 Å². The van der Waals surface area contributed by atoms with E-state index in [0.29, 0.717) is 6.07 Å². The molecule has 0 radical (unpaired) electrons. The first-order chi connectivity index (χ1) is 7.05. The number of hydrogen-bond donors (Lipinski definition) is 0. The zero-order chi connectivity index (χ0) is 12.7. The molecule has 0 unspecified atom stereocenters. The third kappa shape index (κ3) is 2.67. The van der Waals surface area contributed by atoms with Crippen molar-refractivity contribution in [3.63, 3.8) is 0 Å². The SMILES string of the molecule is O=S(=O)(Cl)c1c(Br)ccc(C(F)(F)F)c1F. The summed E-state index contributed by atoms with van der Waals surface area (Å²) >= 11 is 2.61. The van der Waals surface area contributed by atoms with Gasteiger partial charge in [0.25, 0.3) is 9.05 Å². The molecule has 1 rings (SSSR count). The first-order valence-electron chi connectivity index (χ1n) is 3.55. The highest BCUT2D eigenvalue weighted by atomic mass is 79.9. The number of benzene rings is 1. The lowest BCUT2D eigenvalue weighted by atomic mass is 10.2. The van der Waals surface area contributed by atoms with Crippen LogP contribution in [0.5, 0.6) is 0 Å². The zero-order valence-corrected chi connectivity index (χ0v) is 10.3. The topological polar surface area (TPSA) is 34.1 Å². The Hall–Kier alpha value is -0.340. The van der Waals surface area contributed by atoms with Gasteiger partial charge in [-0.1, -0.05) is 0 Å². The van der Waals surface area contributed by atoms with Crippen molar-refractivity contribution >= 4 is 35.7 Å². The van der Waals surface area contributed by atoms with E-state index < -0.39 is 31.5 Å². The van der Waals surface area contributed by atoms with Crippen molar-refractivity contribution in [2.75, 3.05) is 0 Å². The van der Waals surface area contributed by atoms with Crippen LogP contribution in [0.1, 0.15) is 5.56 Å². The van der Waals surface area contributed by atoms with E-state index in [0.717, 1.165) is 6.07 Å². The van der Waals surface area contributed by atoms with Gasteiger partial charge in [-0.05, 0) is 28.1 Å². The second kappa shape index (κ2) is 4.15. The van der Waals surface area contributed by atoms with Crippen LogP contribution < -0.4 is 0 Å². The largest absolute Gasteiger partial charge is 0.419 e. The summed E-state index contributed by atoms with van der Waals surface area (Å²) in [5, 5.41) is 0. The third-order valence-electron chi connectivity index (χ3n) is 1.60. The van der Waals surface area contributed by atoms with Crippen LogP contribution in [0.2, 0.25) is 0 Å².